The molecule has 1 unspecified atom stereocenters. The second kappa shape index (κ2) is 37.7. The predicted octanol–water partition coefficient (Wildman–Crippen LogP) is 23.9. The number of ether oxygens (including phenoxy) is 6. The van der Waals surface area contributed by atoms with E-state index in [4.69, 9.17) is 43.4 Å². The van der Waals surface area contributed by atoms with Gasteiger partial charge in [0.05, 0.1) is 73.6 Å². The zero-order chi connectivity index (χ0) is 93.2. The molecular weight excluding hydrogens is 1760 g/mol. The zero-order valence-electron chi connectivity index (χ0n) is 70.2. The van der Waals surface area contributed by atoms with Crippen LogP contribution in [0.15, 0.2) is 347 Å². The van der Waals surface area contributed by atoms with E-state index in [1.807, 2.05) is 0 Å². The van der Waals surface area contributed by atoms with Crippen LogP contribution in [-0.4, -0.2) is 33.1 Å². The minimum atomic E-state index is -2.56. The predicted molar refractivity (Wildman–Crippen MR) is 480 cm³/mol. The maximum Gasteiger partial charge on any atom is 0.200 e. The first-order valence-corrected chi connectivity index (χ1v) is 42.0. The van der Waals surface area contributed by atoms with Crippen LogP contribution >= 0.6 is 0 Å². The number of aromatic amines is 2. The lowest BCUT2D eigenvalue weighted by Gasteiger charge is -2.23. The molecule has 0 amide bonds. The first-order valence-electron chi connectivity index (χ1n) is 42.0. The van der Waals surface area contributed by atoms with Crippen LogP contribution in [0.4, 0.5) is 65.9 Å². The van der Waals surface area contributed by atoms with Gasteiger partial charge in [0.15, 0.2) is 69.8 Å². The largest absolute Gasteiger partial charge is 0.488 e. The summed E-state index contributed by atoms with van der Waals surface area (Å²) in [5.41, 5.74) is -7.13. The Morgan fingerprint density at radius 2 is 0.489 bits per heavy atom. The number of allylic oxidation sites excluding steroid dienone is 8. The molecule has 7 heterocycles. The van der Waals surface area contributed by atoms with Crippen molar-refractivity contribution in [1.82, 2.24) is 15.3 Å². The topological polar surface area (TPSA) is 136 Å². The molecule has 27 heteroatoms. The van der Waals surface area contributed by atoms with Crippen molar-refractivity contribution in [2.24, 2.45) is 15.0 Å². The number of nitrogens with one attached hydrogen (secondary N) is 3. The van der Waals surface area contributed by atoms with Gasteiger partial charge < -0.3 is 43.7 Å². The van der Waals surface area contributed by atoms with Gasteiger partial charge in [-0.25, -0.2) is 80.8 Å². The number of rotatable bonds is 24. The Morgan fingerprint density at radius 1 is 0.222 bits per heavy atom. The van der Waals surface area contributed by atoms with Crippen molar-refractivity contribution in [2.45, 2.75) is 45.7 Å². The molecule has 0 saturated carbocycles. The first kappa shape index (κ1) is 87.7. The standard InChI is InChI=1S/C108H67F15N6O6/c109-94-91(95(110)101(116)106(121)100(94)115)85-70-46-40-64(124-70)82(88-76(130-52-58-22-7-1-8-23-58)34-19-35-77(88)131-53-59-24-9-2-10-25-59)65-41-47-71(125-65)86(92-96(111)102(117)107(122)103(118)97(92)112)73-49-43-67(127-73)84(90-80(134-56-62-30-15-5-16-31-62)38-21-39-81(90)135-57-63-32-17-6-18-33-63)69-45-51-75(129-69)87(93-98(113)104(119)108(123)105(120)99(93)114)74-50-44-68(128-74)83(66-42-48-72(85)126-66)89-78(132-54-60-26-11-3-12-27-60)36-20-37-79(89)133-55-61-28-13-4-14-29-61/h1-51,70,124-125,128H,52-57H2/b82-64+,83-68-,84-69+,85-72+,86-73+,87-74-. The van der Waals surface area contributed by atoms with Gasteiger partial charge in [-0.15, -0.1) is 0 Å². The minimum absolute atomic E-state index is 0.00310. The van der Waals surface area contributed by atoms with Crippen molar-refractivity contribution in [3.63, 3.8) is 0 Å². The lowest BCUT2D eigenvalue weighted by molar-refractivity contribution is 0.288. The summed E-state index contributed by atoms with van der Waals surface area (Å²) in [5, 5.41) is 2.58. The molecule has 14 aromatic rings. The molecule has 1 atom stereocenters. The van der Waals surface area contributed by atoms with Crippen molar-refractivity contribution in [3.8, 4) is 34.5 Å². The summed E-state index contributed by atoms with van der Waals surface area (Å²) in [6.07, 6.45) is 9.97. The average molecular weight is 1830 g/mol. The summed E-state index contributed by atoms with van der Waals surface area (Å²) in [6.45, 7) is -0.992. The van der Waals surface area contributed by atoms with Gasteiger partial charge in [-0.1, -0.05) is 206 Å². The van der Waals surface area contributed by atoms with E-state index in [2.05, 4.69) is 15.3 Å². The highest BCUT2D eigenvalue weighted by molar-refractivity contribution is 6.36. The van der Waals surface area contributed by atoms with E-state index >= 15 is 65.9 Å². The van der Waals surface area contributed by atoms with E-state index in [0.29, 0.717) is 33.4 Å². The fraction of sp³-hybridized carbons (Fsp3) is 0.0648. The lowest BCUT2D eigenvalue weighted by atomic mass is 9.95. The van der Waals surface area contributed by atoms with E-state index < -0.39 is 155 Å². The van der Waals surface area contributed by atoms with Gasteiger partial charge >= 0.3 is 0 Å². The smallest absolute Gasteiger partial charge is 0.200 e. The molecular formula is C108H67F15N6O6. The van der Waals surface area contributed by atoms with Crippen LogP contribution in [0.1, 0.15) is 78.1 Å². The molecule has 670 valence electrons. The monoisotopic (exact) mass is 1830 g/mol. The molecule has 12 aromatic carbocycles. The van der Waals surface area contributed by atoms with Crippen molar-refractivity contribution in [2.75, 3.05) is 0 Å². The number of aromatic nitrogens is 2. The Kier molecular flexibility index (Phi) is 24.5. The van der Waals surface area contributed by atoms with Crippen LogP contribution in [0, 0.1) is 87.3 Å². The third-order valence-electron chi connectivity index (χ3n) is 22.8. The highest BCUT2D eigenvalue weighted by Crippen LogP contribution is 2.49. The molecule has 0 radical (unpaired) electrons. The van der Waals surface area contributed by atoms with Crippen LogP contribution in [0.3, 0.4) is 0 Å². The quantitative estimate of drug-likeness (QED) is 0.0311. The van der Waals surface area contributed by atoms with E-state index in [-0.39, 0.29) is 141 Å². The summed E-state index contributed by atoms with van der Waals surface area (Å²) in [6, 6.07) is 70.2. The summed E-state index contributed by atoms with van der Waals surface area (Å²) >= 11 is 0. The van der Waals surface area contributed by atoms with Gasteiger partial charge in [-0.3, -0.25) is 0 Å². The summed E-state index contributed by atoms with van der Waals surface area (Å²) in [5.74, 6) is -36.3. The summed E-state index contributed by atoms with van der Waals surface area (Å²) in [4.78, 5) is 21.5. The normalized spacial score (nSPS) is 17.4. The van der Waals surface area contributed by atoms with E-state index in [9.17, 15) is 0 Å². The Balaban J connectivity index is 0.966. The maximum atomic E-state index is 17.7. The highest BCUT2D eigenvalue weighted by Gasteiger charge is 2.40. The van der Waals surface area contributed by atoms with Crippen molar-refractivity contribution < 1.29 is 94.3 Å². The molecule has 5 aliphatic rings. The number of nitrogens with zero attached hydrogens (tertiary/aromatic N) is 3. The molecule has 0 fully saturated rings. The van der Waals surface area contributed by atoms with Crippen LogP contribution in [0.2, 0.25) is 0 Å². The minimum Gasteiger partial charge on any atom is -0.488 e. The molecule has 2 aromatic heterocycles. The lowest BCUT2D eigenvalue weighted by Crippen LogP contribution is -2.26. The number of halogens is 15. The van der Waals surface area contributed by atoms with Crippen LogP contribution in [-0.2, 0) is 39.6 Å². The second-order valence-corrected chi connectivity index (χ2v) is 31.3. The van der Waals surface area contributed by atoms with Gasteiger partial charge in [-0.2, -0.15) is 0 Å². The van der Waals surface area contributed by atoms with Crippen molar-refractivity contribution in [3.05, 3.63) is 508 Å². The van der Waals surface area contributed by atoms with E-state index in [1.165, 1.54) is 72.9 Å². The Labute approximate surface area is 759 Å². The second-order valence-electron chi connectivity index (χ2n) is 31.3. The van der Waals surface area contributed by atoms with Gasteiger partial charge in [0.2, 0.25) is 17.5 Å². The number of hydrogen-bond acceptors (Lipinski definition) is 10. The third kappa shape index (κ3) is 17.2. The van der Waals surface area contributed by atoms with Gasteiger partial charge in [-0.05, 0) is 137 Å². The number of benzene rings is 12. The van der Waals surface area contributed by atoms with Crippen molar-refractivity contribution >= 4 is 50.6 Å². The number of fused-ring (bicyclic) bond motifs is 9. The molecule has 3 N–H and O–H groups in total. The van der Waals surface area contributed by atoms with E-state index in [0.717, 1.165) is 12.2 Å². The van der Waals surface area contributed by atoms with E-state index in [1.54, 1.807) is 224 Å². The van der Waals surface area contributed by atoms with Gasteiger partial charge in [0, 0.05) is 61.2 Å². The van der Waals surface area contributed by atoms with Crippen LogP contribution in [0.25, 0.3) is 33.4 Å². The van der Waals surface area contributed by atoms with Gasteiger partial charge in [0.25, 0.3) is 0 Å². The van der Waals surface area contributed by atoms with Crippen LogP contribution < -0.4 is 44.4 Å². The molecule has 12 bridgehead atoms. The Bertz CT molecular complexity index is 7350. The molecule has 0 saturated heterocycles. The highest BCUT2D eigenvalue weighted by atomic mass is 19.2. The summed E-state index contributed by atoms with van der Waals surface area (Å²) < 4.78 is 293. The molecule has 135 heavy (non-hydrogen) atoms. The fourth-order valence-electron chi connectivity index (χ4n) is 16.4. The van der Waals surface area contributed by atoms with Crippen molar-refractivity contribution in [1.29, 1.82) is 0 Å². The Morgan fingerprint density at radius 3 is 0.837 bits per heavy atom. The van der Waals surface area contributed by atoms with Gasteiger partial charge in [0.1, 0.15) is 74.1 Å². The zero-order valence-corrected chi connectivity index (χ0v) is 70.2. The maximum absolute atomic E-state index is 17.7. The molecule has 12 nitrogen and oxygen atoms in total. The average Bonchev–Trinajstić information content (AvgIpc) is 1.63. The number of H-pyrrole nitrogens is 2. The molecule has 5 aliphatic heterocycles. The van der Waals surface area contributed by atoms with Crippen LogP contribution in [0.5, 0.6) is 34.5 Å². The SMILES string of the molecule is Fc1c(F)c(F)c(/C2=C3\C=CC(=N3)/C(c3c(OCc4ccccc4)cccc3OCc3ccccc3)=C3/C=CC(=N3)/C(c3c(F)c(F)c(F)c(F)c3F)=c3\cc/c([nH]3)=C(/c3c(OCc4ccccc4)cccc3OCc3ccccc3)C3=N/C(=C(/c4c(F)c(F)c(F)c(F)c4F)C4C=C/C(=C(\c5c(OCc6ccccc6)cccc5OCc5ccccc5)c5ccc2[nH]5)N4)C=C3)c(F)c1F. The summed E-state index contributed by atoms with van der Waals surface area (Å²) in [7, 11) is 0. The number of hydrogen-bond donors (Lipinski definition) is 3. The Hall–Kier alpha value is -16.6. The molecule has 0 aliphatic carbocycles. The molecule has 0 spiro atoms. The fourth-order valence-corrected chi connectivity index (χ4v) is 16.4. The third-order valence-corrected chi connectivity index (χ3v) is 22.8. The molecule has 19 rings (SSSR count). The number of aliphatic imine (C=N–C) groups is 3. The first-order chi connectivity index (χ1) is 65.7.